The van der Waals surface area contributed by atoms with Crippen molar-refractivity contribution in [3.05, 3.63) is 29.3 Å². The monoisotopic (exact) mass is 354 g/mol. The first-order chi connectivity index (χ1) is 11.3. The Labute approximate surface area is 144 Å². The molecule has 1 aromatic rings. The second-order valence-electron chi connectivity index (χ2n) is 6.22. The third kappa shape index (κ3) is 4.55. The SMILES string of the molecule is COCCS(=O)(=O)N1CCC(C(=O)Nc2cccc(C)c2C)CC1. The normalized spacial score (nSPS) is 17.0. The number of hydrogen-bond donors (Lipinski definition) is 1. The number of benzene rings is 1. The number of aryl methyl sites for hydroxylation is 1. The molecular formula is C17H26N2O4S. The molecule has 7 heteroatoms. The van der Waals surface area contributed by atoms with E-state index in [2.05, 4.69) is 5.32 Å². The first kappa shape index (κ1) is 18.9. The van der Waals surface area contributed by atoms with Crippen LogP contribution in [0.4, 0.5) is 5.69 Å². The van der Waals surface area contributed by atoms with E-state index in [1.54, 1.807) is 0 Å². The maximum absolute atomic E-state index is 12.5. The Bertz CT molecular complexity index is 680. The van der Waals surface area contributed by atoms with Gasteiger partial charge in [-0.3, -0.25) is 4.79 Å². The van der Waals surface area contributed by atoms with Gasteiger partial charge in [0.1, 0.15) is 0 Å². The zero-order chi connectivity index (χ0) is 17.7. The molecule has 134 valence electrons. The van der Waals surface area contributed by atoms with Gasteiger partial charge in [0, 0.05) is 31.8 Å². The lowest BCUT2D eigenvalue weighted by molar-refractivity contribution is -0.120. The van der Waals surface area contributed by atoms with Crippen molar-refractivity contribution in [2.24, 2.45) is 5.92 Å². The number of nitrogens with one attached hydrogen (secondary N) is 1. The van der Waals surface area contributed by atoms with Gasteiger partial charge in [-0.25, -0.2) is 12.7 Å². The molecule has 0 aromatic heterocycles. The van der Waals surface area contributed by atoms with Crippen LogP contribution >= 0.6 is 0 Å². The smallest absolute Gasteiger partial charge is 0.227 e. The molecule has 1 fully saturated rings. The van der Waals surface area contributed by atoms with E-state index in [1.807, 2.05) is 32.0 Å². The van der Waals surface area contributed by atoms with Crippen LogP contribution in [0.5, 0.6) is 0 Å². The van der Waals surface area contributed by atoms with Gasteiger partial charge in [0.2, 0.25) is 15.9 Å². The largest absolute Gasteiger partial charge is 0.384 e. The molecule has 0 radical (unpaired) electrons. The van der Waals surface area contributed by atoms with Gasteiger partial charge < -0.3 is 10.1 Å². The van der Waals surface area contributed by atoms with Crippen molar-refractivity contribution in [3.63, 3.8) is 0 Å². The van der Waals surface area contributed by atoms with E-state index < -0.39 is 10.0 Å². The molecule has 0 unspecified atom stereocenters. The Morgan fingerprint density at radius 2 is 1.96 bits per heavy atom. The number of nitrogens with zero attached hydrogens (tertiary/aromatic N) is 1. The lowest BCUT2D eigenvalue weighted by atomic mass is 9.97. The molecule has 1 aliphatic heterocycles. The average Bonchev–Trinajstić information content (AvgIpc) is 2.57. The van der Waals surface area contributed by atoms with Gasteiger partial charge in [0.25, 0.3) is 0 Å². The Morgan fingerprint density at radius 3 is 2.58 bits per heavy atom. The molecule has 1 amide bonds. The van der Waals surface area contributed by atoms with Gasteiger partial charge in [0.15, 0.2) is 0 Å². The Kier molecular flexibility index (Phi) is 6.37. The summed E-state index contributed by atoms with van der Waals surface area (Å²) in [5.41, 5.74) is 3.02. The number of amides is 1. The molecule has 0 saturated carbocycles. The van der Waals surface area contributed by atoms with Crippen molar-refractivity contribution in [1.29, 1.82) is 0 Å². The molecule has 0 spiro atoms. The summed E-state index contributed by atoms with van der Waals surface area (Å²) in [6.45, 7) is 4.95. The maximum Gasteiger partial charge on any atom is 0.227 e. The van der Waals surface area contributed by atoms with Gasteiger partial charge in [0.05, 0.1) is 12.4 Å². The topological polar surface area (TPSA) is 75.7 Å². The number of anilines is 1. The van der Waals surface area contributed by atoms with E-state index in [0.717, 1.165) is 16.8 Å². The predicted octanol–water partition coefficient (Wildman–Crippen LogP) is 1.93. The third-order valence-electron chi connectivity index (χ3n) is 4.63. The van der Waals surface area contributed by atoms with Crippen LogP contribution in [0.25, 0.3) is 0 Å². The van der Waals surface area contributed by atoms with Crippen LogP contribution in [0, 0.1) is 19.8 Å². The van der Waals surface area contributed by atoms with E-state index in [9.17, 15) is 13.2 Å². The zero-order valence-electron chi connectivity index (χ0n) is 14.5. The summed E-state index contributed by atoms with van der Waals surface area (Å²) in [6.07, 6.45) is 1.09. The number of hydrogen-bond acceptors (Lipinski definition) is 4. The van der Waals surface area contributed by atoms with Crippen LogP contribution < -0.4 is 5.32 Å². The Morgan fingerprint density at radius 1 is 1.29 bits per heavy atom. The van der Waals surface area contributed by atoms with E-state index in [1.165, 1.54) is 11.4 Å². The highest BCUT2D eigenvalue weighted by Gasteiger charge is 2.31. The number of carbonyl (C=O) groups excluding carboxylic acids is 1. The minimum Gasteiger partial charge on any atom is -0.384 e. The van der Waals surface area contributed by atoms with E-state index in [-0.39, 0.29) is 24.2 Å². The minimum absolute atomic E-state index is 0.0111. The second-order valence-corrected chi connectivity index (χ2v) is 8.31. The molecule has 24 heavy (non-hydrogen) atoms. The average molecular weight is 354 g/mol. The number of sulfonamides is 1. The van der Waals surface area contributed by atoms with Crippen molar-refractivity contribution >= 4 is 21.6 Å². The minimum atomic E-state index is -3.29. The predicted molar refractivity (Wildman–Crippen MR) is 94.5 cm³/mol. The van der Waals surface area contributed by atoms with Crippen LogP contribution in [0.1, 0.15) is 24.0 Å². The van der Waals surface area contributed by atoms with E-state index in [0.29, 0.717) is 25.9 Å². The van der Waals surface area contributed by atoms with Gasteiger partial charge in [-0.2, -0.15) is 0 Å². The summed E-state index contributed by atoms with van der Waals surface area (Å²) in [4.78, 5) is 12.5. The van der Waals surface area contributed by atoms with Crippen molar-refractivity contribution in [2.75, 3.05) is 37.9 Å². The highest BCUT2D eigenvalue weighted by atomic mass is 32.2. The van der Waals surface area contributed by atoms with Gasteiger partial charge >= 0.3 is 0 Å². The third-order valence-corrected chi connectivity index (χ3v) is 6.46. The Hall–Kier alpha value is -1.44. The molecule has 1 aliphatic rings. The second kappa shape index (κ2) is 8.09. The van der Waals surface area contributed by atoms with Crippen LogP contribution in [-0.2, 0) is 19.6 Å². The molecule has 0 bridgehead atoms. The standard InChI is InChI=1S/C17H26N2O4S/c1-13-5-4-6-16(14(13)2)18-17(20)15-7-9-19(10-8-15)24(21,22)12-11-23-3/h4-6,15H,7-12H2,1-3H3,(H,18,20). The molecule has 1 heterocycles. The molecule has 1 N–H and O–H groups in total. The lowest BCUT2D eigenvalue weighted by Gasteiger charge is -2.30. The molecular weight excluding hydrogens is 328 g/mol. The van der Waals surface area contributed by atoms with Crippen molar-refractivity contribution in [3.8, 4) is 0 Å². The Balaban J connectivity index is 1.92. The number of rotatable bonds is 6. The maximum atomic E-state index is 12.5. The van der Waals surface area contributed by atoms with Crippen LogP contribution in [0.3, 0.4) is 0 Å². The van der Waals surface area contributed by atoms with Crippen LogP contribution in [-0.4, -0.2) is 51.2 Å². The lowest BCUT2D eigenvalue weighted by Crippen LogP contribution is -2.42. The summed E-state index contributed by atoms with van der Waals surface area (Å²) >= 11 is 0. The van der Waals surface area contributed by atoms with Crippen molar-refractivity contribution < 1.29 is 17.9 Å². The summed E-state index contributed by atoms with van der Waals surface area (Å²) < 4.78 is 30.6. The molecule has 6 nitrogen and oxygen atoms in total. The fourth-order valence-corrected chi connectivity index (χ4v) is 4.24. The first-order valence-electron chi connectivity index (χ1n) is 8.19. The van der Waals surface area contributed by atoms with Gasteiger partial charge in [-0.05, 0) is 43.9 Å². The van der Waals surface area contributed by atoms with E-state index >= 15 is 0 Å². The number of methoxy groups -OCH3 is 1. The highest BCUT2D eigenvalue weighted by Crippen LogP contribution is 2.23. The molecule has 0 atom stereocenters. The van der Waals surface area contributed by atoms with E-state index in [4.69, 9.17) is 4.74 Å². The summed E-state index contributed by atoms with van der Waals surface area (Å²) in [5.74, 6) is -0.195. The quantitative estimate of drug-likeness (QED) is 0.847. The van der Waals surface area contributed by atoms with Crippen molar-refractivity contribution in [1.82, 2.24) is 4.31 Å². The fraction of sp³-hybridized carbons (Fsp3) is 0.588. The van der Waals surface area contributed by atoms with Crippen LogP contribution in [0.15, 0.2) is 18.2 Å². The summed E-state index contributed by atoms with van der Waals surface area (Å²) in [5, 5.41) is 2.98. The van der Waals surface area contributed by atoms with Gasteiger partial charge in [-0.1, -0.05) is 12.1 Å². The zero-order valence-corrected chi connectivity index (χ0v) is 15.4. The summed E-state index contributed by atoms with van der Waals surface area (Å²) in [7, 11) is -1.80. The van der Waals surface area contributed by atoms with Gasteiger partial charge in [-0.15, -0.1) is 0 Å². The first-order valence-corrected chi connectivity index (χ1v) is 9.80. The summed E-state index contributed by atoms with van der Waals surface area (Å²) in [6, 6.07) is 5.82. The molecule has 0 aliphatic carbocycles. The molecule has 2 rings (SSSR count). The number of carbonyl (C=O) groups is 1. The highest BCUT2D eigenvalue weighted by molar-refractivity contribution is 7.89. The molecule has 1 aromatic carbocycles. The van der Waals surface area contributed by atoms with Crippen molar-refractivity contribution in [2.45, 2.75) is 26.7 Å². The van der Waals surface area contributed by atoms with Crippen LogP contribution in [0.2, 0.25) is 0 Å². The number of ether oxygens (including phenoxy) is 1. The fourth-order valence-electron chi connectivity index (χ4n) is 2.84. The molecule has 1 saturated heterocycles. The number of piperidine rings is 1.